The molecule has 0 radical (unpaired) electrons. The van der Waals surface area contributed by atoms with Crippen LogP contribution in [0.4, 0.5) is 5.69 Å². The summed E-state index contributed by atoms with van der Waals surface area (Å²) in [4.78, 5) is 26.5. The van der Waals surface area contributed by atoms with Crippen LogP contribution in [-0.4, -0.2) is 23.3 Å². The Balaban J connectivity index is 1.99. The Kier molecular flexibility index (Phi) is 3.73. The molecule has 0 unspecified atom stereocenters. The summed E-state index contributed by atoms with van der Waals surface area (Å²) in [7, 11) is 0. The number of nitrogens with zero attached hydrogens (tertiary/aromatic N) is 1. The molecular formula is C19H15NO3. The van der Waals surface area contributed by atoms with Crippen LogP contribution in [-0.2, 0) is 10.4 Å². The van der Waals surface area contributed by atoms with Gasteiger partial charge in [0.1, 0.15) is 0 Å². The number of benzene rings is 2. The number of carbonyl (C=O) groups excluding carboxylic acids is 2. The average molecular weight is 305 g/mol. The number of ketones is 1. The summed E-state index contributed by atoms with van der Waals surface area (Å²) in [5, 5.41) is 11.0. The number of terminal acetylenes is 1. The van der Waals surface area contributed by atoms with Crippen LogP contribution >= 0.6 is 0 Å². The quantitative estimate of drug-likeness (QED) is 0.695. The molecule has 2 aromatic rings. The molecule has 0 bridgehead atoms. The molecule has 23 heavy (non-hydrogen) atoms. The fourth-order valence-electron chi connectivity index (χ4n) is 2.88. The molecule has 0 spiro atoms. The fourth-order valence-corrected chi connectivity index (χ4v) is 2.88. The van der Waals surface area contributed by atoms with Gasteiger partial charge in [0.15, 0.2) is 11.4 Å². The lowest BCUT2D eigenvalue weighted by Gasteiger charge is -2.21. The van der Waals surface area contributed by atoms with Gasteiger partial charge < -0.3 is 5.11 Å². The van der Waals surface area contributed by atoms with Crippen molar-refractivity contribution in [2.75, 3.05) is 11.4 Å². The molecule has 0 fully saturated rings. The number of hydrogen-bond donors (Lipinski definition) is 1. The third kappa shape index (κ3) is 2.41. The Morgan fingerprint density at radius 1 is 1.13 bits per heavy atom. The van der Waals surface area contributed by atoms with Gasteiger partial charge in [-0.1, -0.05) is 54.5 Å². The summed E-state index contributed by atoms with van der Waals surface area (Å²) in [5.41, 5.74) is -0.439. The maximum atomic E-state index is 12.7. The molecule has 1 heterocycles. The molecule has 0 saturated heterocycles. The largest absolute Gasteiger partial charge is 0.375 e. The van der Waals surface area contributed by atoms with Gasteiger partial charge in [-0.25, -0.2) is 0 Å². The van der Waals surface area contributed by atoms with Crippen molar-refractivity contribution in [3.8, 4) is 12.3 Å². The summed E-state index contributed by atoms with van der Waals surface area (Å²) in [6, 6.07) is 15.5. The fraction of sp³-hybridized carbons (Fsp3) is 0.158. The number of carbonyl (C=O) groups is 2. The Labute approximate surface area is 134 Å². The van der Waals surface area contributed by atoms with Gasteiger partial charge in [0.25, 0.3) is 5.91 Å². The highest BCUT2D eigenvalue weighted by Crippen LogP contribution is 2.42. The van der Waals surface area contributed by atoms with Gasteiger partial charge in [0.05, 0.1) is 18.7 Å². The van der Waals surface area contributed by atoms with Crippen molar-refractivity contribution in [1.82, 2.24) is 0 Å². The summed E-state index contributed by atoms with van der Waals surface area (Å²) in [6.45, 7) is 0.0533. The van der Waals surface area contributed by atoms with Crippen molar-refractivity contribution in [3.63, 3.8) is 0 Å². The van der Waals surface area contributed by atoms with Gasteiger partial charge in [-0.05, 0) is 6.07 Å². The summed E-state index contributed by atoms with van der Waals surface area (Å²) >= 11 is 0. The Morgan fingerprint density at radius 3 is 2.48 bits per heavy atom. The van der Waals surface area contributed by atoms with Gasteiger partial charge >= 0.3 is 0 Å². The SMILES string of the molecule is C#CCN1C(=O)[C@](O)(CC(=O)c2ccccc2)c2ccccc21. The molecule has 4 heteroatoms. The van der Waals surface area contributed by atoms with Crippen molar-refractivity contribution in [2.45, 2.75) is 12.0 Å². The Morgan fingerprint density at radius 2 is 1.78 bits per heavy atom. The number of amides is 1. The first-order valence-corrected chi connectivity index (χ1v) is 7.23. The molecule has 1 aliphatic heterocycles. The van der Waals surface area contributed by atoms with E-state index in [1.165, 1.54) is 4.90 Å². The lowest BCUT2D eigenvalue weighted by Crippen LogP contribution is -2.42. The lowest BCUT2D eigenvalue weighted by atomic mass is 9.88. The molecule has 1 aliphatic rings. The molecule has 3 rings (SSSR count). The van der Waals surface area contributed by atoms with E-state index in [2.05, 4.69) is 5.92 Å². The third-order valence-corrected chi connectivity index (χ3v) is 4.00. The van der Waals surface area contributed by atoms with Gasteiger partial charge in [0.2, 0.25) is 0 Å². The van der Waals surface area contributed by atoms with Crippen LogP contribution in [0.25, 0.3) is 0 Å². The second-order valence-corrected chi connectivity index (χ2v) is 5.44. The number of para-hydroxylation sites is 1. The van der Waals surface area contributed by atoms with E-state index in [4.69, 9.17) is 6.42 Å². The average Bonchev–Trinajstić information content (AvgIpc) is 2.78. The molecule has 0 aromatic heterocycles. The van der Waals surface area contributed by atoms with Gasteiger partial charge in [-0.3, -0.25) is 14.5 Å². The standard InChI is InChI=1S/C19H15NO3/c1-2-12-20-16-11-7-6-10-15(16)19(23,18(20)22)13-17(21)14-8-4-3-5-9-14/h1,3-11,23H,12-13H2/t19-/m0/s1. The van der Waals surface area contributed by atoms with E-state index in [0.717, 1.165) is 0 Å². The number of aliphatic hydroxyl groups is 1. The monoisotopic (exact) mass is 305 g/mol. The van der Waals surface area contributed by atoms with E-state index in [9.17, 15) is 14.7 Å². The van der Waals surface area contributed by atoms with Crippen LogP contribution in [0.1, 0.15) is 22.3 Å². The summed E-state index contributed by atoms with van der Waals surface area (Å²) in [6.07, 6.45) is 5.00. The van der Waals surface area contributed by atoms with Crippen LogP contribution in [0.15, 0.2) is 54.6 Å². The number of hydrogen-bond acceptors (Lipinski definition) is 3. The number of anilines is 1. The molecule has 4 nitrogen and oxygen atoms in total. The topological polar surface area (TPSA) is 57.6 Å². The zero-order chi connectivity index (χ0) is 16.4. The minimum Gasteiger partial charge on any atom is -0.375 e. The maximum absolute atomic E-state index is 12.7. The molecule has 114 valence electrons. The van der Waals surface area contributed by atoms with Crippen molar-refractivity contribution in [2.24, 2.45) is 0 Å². The van der Waals surface area contributed by atoms with E-state index < -0.39 is 11.5 Å². The van der Waals surface area contributed by atoms with Crippen molar-refractivity contribution in [1.29, 1.82) is 0 Å². The predicted molar refractivity (Wildman–Crippen MR) is 86.9 cm³/mol. The summed E-state index contributed by atoms with van der Waals surface area (Å²) < 4.78 is 0. The zero-order valence-electron chi connectivity index (χ0n) is 12.4. The second kappa shape index (κ2) is 5.71. The molecule has 0 aliphatic carbocycles. The van der Waals surface area contributed by atoms with Crippen LogP contribution in [0.2, 0.25) is 0 Å². The van der Waals surface area contributed by atoms with Crippen molar-refractivity contribution < 1.29 is 14.7 Å². The summed E-state index contributed by atoms with van der Waals surface area (Å²) in [5.74, 6) is 1.57. The van der Waals surface area contributed by atoms with Crippen molar-refractivity contribution >= 4 is 17.4 Å². The van der Waals surface area contributed by atoms with E-state index in [1.54, 1.807) is 54.6 Å². The van der Waals surface area contributed by atoms with E-state index in [0.29, 0.717) is 16.8 Å². The maximum Gasteiger partial charge on any atom is 0.265 e. The highest BCUT2D eigenvalue weighted by molar-refractivity contribution is 6.10. The van der Waals surface area contributed by atoms with Crippen LogP contribution < -0.4 is 4.90 Å². The first-order chi connectivity index (χ1) is 11.1. The van der Waals surface area contributed by atoms with Crippen LogP contribution in [0.3, 0.4) is 0 Å². The highest BCUT2D eigenvalue weighted by atomic mass is 16.3. The van der Waals surface area contributed by atoms with Crippen molar-refractivity contribution in [3.05, 3.63) is 65.7 Å². The normalized spacial score (nSPS) is 19.3. The predicted octanol–water partition coefficient (Wildman–Crippen LogP) is 2.13. The second-order valence-electron chi connectivity index (χ2n) is 5.44. The van der Waals surface area contributed by atoms with Gasteiger partial charge in [0, 0.05) is 11.1 Å². The van der Waals surface area contributed by atoms with Crippen LogP contribution in [0.5, 0.6) is 0 Å². The highest BCUT2D eigenvalue weighted by Gasteiger charge is 2.50. The minimum atomic E-state index is -1.87. The van der Waals surface area contributed by atoms with E-state index in [1.807, 2.05) is 0 Å². The Hall–Kier alpha value is -2.90. The first-order valence-electron chi connectivity index (χ1n) is 7.23. The number of Topliss-reactive ketones (excluding diaryl/α,β-unsaturated/α-hetero) is 1. The molecule has 1 atom stereocenters. The molecular weight excluding hydrogens is 290 g/mol. The minimum absolute atomic E-state index is 0.0533. The molecule has 1 amide bonds. The third-order valence-electron chi connectivity index (χ3n) is 4.00. The Bertz CT molecular complexity index is 807. The van der Waals surface area contributed by atoms with Crippen LogP contribution in [0, 0.1) is 12.3 Å². The lowest BCUT2D eigenvalue weighted by molar-refractivity contribution is -0.135. The molecule has 0 saturated carbocycles. The zero-order valence-corrected chi connectivity index (χ0v) is 12.4. The van der Waals surface area contributed by atoms with E-state index in [-0.39, 0.29) is 18.7 Å². The smallest absolute Gasteiger partial charge is 0.265 e. The number of fused-ring (bicyclic) bond motifs is 1. The van der Waals surface area contributed by atoms with Gasteiger partial charge in [-0.15, -0.1) is 6.42 Å². The molecule has 2 aromatic carbocycles. The first kappa shape index (κ1) is 15.0. The van der Waals surface area contributed by atoms with Gasteiger partial charge in [-0.2, -0.15) is 0 Å². The van der Waals surface area contributed by atoms with E-state index >= 15 is 0 Å². The number of rotatable bonds is 4. The molecule has 1 N–H and O–H groups in total.